The lowest BCUT2D eigenvalue weighted by atomic mass is 9.54. The number of benzene rings is 1. The minimum atomic E-state index is 0.465. The zero-order chi connectivity index (χ0) is 12.6. The van der Waals surface area contributed by atoms with Gasteiger partial charge in [0.2, 0.25) is 0 Å². The Balaban J connectivity index is 1.68. The quantitative estimate of drug-likeness (QED) is 0.692. The largest absolute Gasteiger partial charge is 0.380 e. The molecule has 1 aromatic rings. The van der Waals surface area contributed by atoms with Crippen molar-refractivity contribution in [2.75, 3.05) is 7.11 Å². The second-order valence-electron chi connectivity index (χ2n) is 6.81. The summed E-state index contributed by atoms with van der Waals surface area (Å²) in [6.07, 6.45) is 8.19. The minimum absolute atomic E-state index is 0.465. The predicted octanol–water partition coefficient (Wildman–Crippen LogP) is 3.72. The average molecular weight is 252 g/mol. The van der Waals surface area contributed by atoms with Gasteiger partial charge >= 0.3 is 0 Å². The van der Waals surface area contributed by atoms with Crippen molar-refractivity contribution in [1.82, 2.24) is 0 Å². The van der Waals surface area contributed by atoms with Crippen molar-refractivity contribution in [2.24, 2.45) is 23.7 Å². The molecule has 6 rings (SSSR count). The van der Waals surface area contributed by atoms with Crippen molar-refractivity contribution in [1.29, 1.82) is 0 Å². The molecule has 1 nitrogen and oxygen atoms in total. The molecule has 0 heterocycles. The number of ether oxygens (including phenoxy) is 1. The van der Waals surface area contributed by atoms with E-state index in [-0.39, 0.29) is 0 Å². The molecular formula is C18H20O. The molecule has 19 heavy (non-hydrogen) atoms. The summed E-state index contributed by atoms with van der Waals surface area (Å²) >= 11 is 0. The molecule has 1 aromatic carbocycles. The molecule has 2 saturated carbocycles. The van der Waals surface area contributed by atoms with Gasteiger partial charge in [0.1, 0.15) is 0 Å². The summed E-state index contributed by atoms with van der Waals surface area (Å²) in [6, 6.07) is 9.23. The fourth-order valence-corrected chi connectivity index (χ4v) is 5.98. The van der Waals surface area contributed by atoms with Crippen LogP contribution in [0.15, 0.2) is 36.4 Å². The van der Waals surface area contributed by atoms with Crippen LogP contribution in [-0.4, -0.2) is 13.2 Å². The normalized spacial score (nSPS) is 48.4. The summed E-state index contributed by atoms with van der Waals surface area (Å²) in [7, 11) is 1.91. The molecule has 0 amide bonds. The number of hydrogen-bond acceptors (Lipinski definition) is 1. The van der Waals surface area contributed by atoms with E-state index in [0.29, 0.717) is 17.9 Å². The molecule has 5 aliphatic carbocycles. The molecule has 98 valence electrons. The van der Waals surface area contributed by atoms with Crippen molar-refractivity contribution in [3.05, 3.63) is 47.5 Å². The van der Waals surface area contributed by atoms with E-state index in [1.807, 2.05) is 7.11 Å². The second-order valence-corrected chi connectivity index (χ2v) is 6.81. The third-order valence-corrected chi connectivity index (χ3v) is 6.43. The van der Waals surface area contributed by atoms with Gasteiger partial charge in [-0.15, -0.1) is 0 Å². The first-order valence-corrected chi connectivity index (χ1v) is 7.70. The third-order valence-electron chi connectivity index (χ3n) is 6.43. The van der Waals surface area contributed by atoms with Gasteiger partial charge < -0.3 is 4.74 Å². The molecule has 4 bridgehead atoms. The lowest BCUT2D eigenvalue weighted by molar-refractivity contribution is 0.0653. The molecule has 0 spiro atoms. The molecule has 2 fully saturated rings. The highest BCUT2D eigenvalue weighted by molar-refractivity contribution is 5.43. The van der Waals surface area contributed by atoms with E-state index in [4.69, 9.17) is 4.74 Å². The maximum Gasteiger partial charge on any atom is 0.0702 e. The Morgan fingerprint density at radius 3 is 1.89 bits per heavy atom. The number of methoxy groups -OCH3 is 1. The summed E-state index contributed by atoms with van der Waals surface area (Å²) in [6.45, 7) is 0. The Hall–Kier alpha value is -1.08. The highest BCUT2D eigenvalue weighted by Gasteiger charge is 2.61. The SMILES string of the molecule is COC1[C@@H]2C=C[C@@H]1[C@@H]1[C@@H]2[C@@H]2CC[C@@H]1c1ccccc12. The van der Waals surface area contributed by atoms with E-state index in [1.54, 1.807) is 11.1 Å². The molecule has 0 saturated heterocycles. The van der Waals surface area contributed by atoms with Gasteiger partial charge in [0, 0.05) is 18.9 Å². The maximum atomic E-state index is 5.85. The van der Waals surface area contributed by atoms with Crippen molar-refractivity contribution < 1.29 is 4.74 Å². The van der Waals surface area contributed by atoms with E-state index < -0.39 is 0 Å². The lowest BCUT2D eigenvalue weighted by Crippen LogP contribution is -2.40. The van der Waals surface area contributed by atoms with Crippen molar-refractivity contribution in [3.8, 4) is 0 Å². The fourth-order valence-electron chi connectivity index (χ4n) is 5.98. The monoisotopic (exact) mass is 252 g/mol. The molecule has 6 atom stereocenters. The van der Waals surface area contributed by atoms with Gasteiger partial charge in [0.25, 0.3) is 0 Å². The number of fused-ring (bicyclic) bond motifs is 3. The van der Waals surface area contributed by atoms with E-state index in [0.717, 1.165) is 23.7 Å². The van der Waals surface area contributed by atoms with Crippen molar-refractivity contribution in [3.63, 3.8) is 0 Å². The van der Waals surface area contributed by atoms with Crippen LogP contribution in [0.25, 0.3) is 0 Å². The average Bonchev–Trinajstić information content (AvgIpc) is 3.04. The number of rotatable bonds is 1. The van der Waals surface area contributed by atoms with Crippen molar-refractivity contribution in [2.45, 2.75) is 30.8 Å². The van der Waals surface area contributed by atoms with Crippen LogP contribution in [0.4, 0.5) is 0 Å². The van der Waals surface area contributed by atoms with E-state index in [1.165, 1.54) is 12.8 Å². The summed E-state index contributed by atoms with van der Waals surface area (Å²) in [4.78, 5) is 0. The molecule has 0 unspecified atom stereocenters. The zero-order valence-corrected chi connectivity index (χ0v) is 11.3. The van der Waals surface area contributed by atoms with Crippen LogP contribution in [0.3, 0.4) is 0 Å². The summed E-state index contributed by atoms with van der Waals surface area (Å²) < 4.78 is 5.85. The third kappa shape index (κ3) is 1.12. The van der Waals surface area contributed by atoms with E-state index in [9.17, 15) is 0 Å². The van der Waals surface area contributed by atoms with Gasteiger partial charge in [0.05, 0.1) is 6.10 Å². The second kappa shape index (κ2) is 3.52. The Morgan fingerprint density at radius 1 is 0.895 bits per heavy atom. The first-order valence-electron chi connectivity index (χ1n) is 7.70. The molecule has 0 radical (unpaired) electrons. The van der Waals surface area contributed by atoms with Crippen LogP contribution in [-0.2, 0) is 4.74 Å². The Bertz CT molecular complexity index is 514. The van der Waals surface area contributed by atoms with Crippen LogP contribution >= 0.6 is 0 Å². The molecule has 0 aromatic heterocycles. The molecule has 0 aliphatic heterocycles. The minimum Gasteiger partial charge on any atom is -0.380 e. The standard InChI is InChI=1S/C18H20O/c1-19-18-14-8-9-15(18)17-13-7-6-12(16(14)17)10-4-2-3-5-11(10)13/h2-5,8-9,12-18H,6-7H2,1H3/t12-,13-,14-,15-,16-,17-/m1/s1. The van der Waals surface area contributed by atoms with Crippen LogP contribution in [0.2, 0.25) is 0 Å². The predicted molar refractivity (Wildman–Crippen MR) is 75.1 cm³/mol. The first-order chi connectivity index (χ1) is 9.40. The van der Waals surface area contributed by atoms with Crippen molar-refractivity contribution >= 4 is 0 Å². The Kier molecular flexibility index (Phi) is 1.98. The summed E-state index contributed by atoms with van der Waals surface area (Å²) in [5, 5.41) is 0. The highest BCUT2D eigenvalue weighted by atomic mass is 16.5. The van der Waals surface area contributed by atoms with Gasteiger partial charge in [-0.3, -0.25) is 0 Å². The number of hydrogen-bond donors (Lipinski definition) is 0. The van der Waals surface area contributed by atoms with Gasteiger partial charge in [-0.25, -0.2) is 0 Å². The topological polar surface area (TPSA) is 9.23 Å². The molecule has 1 heteroatoms. The van der Waals surface area contributed by atoms with E-state index in [2.05, 4.69) is 36.4 Å². The van der Waals surface area contributed by atoms with Crippen LogP contribution < -0.4 is 0 Å². The Morgan fingerprint density at radius 2 is 1.42 bits per heavy atom. The molecule has 5 aliphatic rings. The van der Waals surface area contributed by atoms with Crippen LogP contribution in [0.1, 0.15) is 35.8 Å². The zero-order valence-electron chi connectivity index (χ0n) is 11.3. The molecule has 0 N–H and O–H groups in total. The first kappa shape index (κ1) is 10.7. The smallest absolute Gasteiger partial charge is 0.0702 e. The van der Waals surface area contributed by atoms with E-state index >= 15 is 0 Å². The summed E-state index contributed by atoms with van der Waals surface area (Å²) in [5.74, 6) is 4.66. The van der Waals surface area contributed by atoms with Gasteiger partial charge in [0.15, 0.2) is 0 Å². The van der Waals surface area contributed by atoms with Crippen LogP contribution in [0, 0.1) is 23.7 Å². The lowest BCUT2D eigenvalue weighted by Gasteiger charge is -2.50. The summed E-state index contributed by atoms with van der Waals surface area (Å²) in [5.41, 5.74) is 3.33. The maximum absolute atomic E-state index is 5.85. The fraction of sp³-hybridized carbons (Fsp3) is 0.556. The van der Waals surface area contributed by atoms with Gasteiger partial charge in [-0.05, 0) is 47.6 Å². The Labute approximate surface area is 114 Å². The molecular weight excluding hydrogens is 232 g/mol. The van der Waals surface area contributed by atoms with Crippen LogP contribution in [0.5, 0.6) is 0 Å². The van der Waals surface area contributed by atoms with Gasteiger partial charge in [-0.1, -0.05) is 36.4 Å². The van der Waals surface area contributed by atoms with Gasteiger partial charge in [-0.2, -0.15) is 0 Å². The highest BCUT2D eigenvalue weighted by Crippen LogP contribution is 2.67.